The number of anilines is 2. The maximum absolute atomic E-state index is 12.2. The van der Waals surface area contributed by atoms with Crippen LogP contribution in [0.15, 0.2) is 54.6 Å². The number of amides is 2. The van der Waals surface area contributed by atoms with Crippen LogP contribution in [0.2, 0.25) is 0 Å². The molecule has 0 saturated heterocycles. The van der Waals surface area contributed by atoms with Gasteiger partial charge in [0.1, 0.15) is 11.9 Å². The first-order valence-electron chi connectivity index (χ1n) is 9.98. The molecule has 0 fully saturated rings. The molecule has 5 N–H and O–H groups in total. The Morgan fingerprint density at radius 2 is 1.71 bits per heavy atom. The second kappa shape index (κ2) is 12.8. The van der Waals surface area contributed by atoms with Crippen molar-refractivity contribution in [3.63, 3.8) is 0 Å². The van der Waals surface area contributed by atoms with E-state index in [1.54, 1.807) is 49.2 Å². The molecule has 0 bridgehead atoms. The third kappa shape index (κ3) is 8.45. The van der Waals surface area contributed by atoms with Gasteiger partial charge in [-0.1, -0.05) is 19.1 Å². The molecule has 0 aliphatic heterocycles. The van der Waals surface area contributed by atoms with Crippen molar-refractivity contribution in [2.45, 2.75) is 25.5 Å². The van der Waals surface area contributed by atoms with E-state index in [2.05, 4.69) is 10.6 Å². The lowest BCUT2D eigenvalue weighted by molar-refractivity contribution is -0.125. The number of methoxy groups -OCH3 is 1. The standard InChI is InChI=1S/C23H29N3O4S/c1-3-31-15-14-20(24)22(28)23(29)26-18-9-7-17(8-10-18)25-21(27)13-6-16-4-11-19(30-2)12-5-16/h4-13,20,22,28H,3,14-15,24H2,1-2H3,(H,25,27)(H,26,29)/b13-6+/t20-,22+/m1/s1. The summed E-state index contributed by atoms with van der Waals surface area (Å²) in [6, 6.07) is 13.3. The van der Waals surface area contributed by atoms with Gasteiger partial charge in [-0.15, -0.1) is 0 Å². The maximum Gasteiger partial charge on any atom is 0.254 e. The minimum absolute atomic E-state index is 0.279. The Morgan fingerprint density at radius 1 is 1.10 bits per heavy atom. The topological polar surface area (TPSA) is 114 Å². The summed E-state index contributed by atoms with van der Waals surface area (Å²) < 4.78 is 5.10. The van der Waals surface area contributed by atoms with E-state index in [-0.39, 0.29) is 5.91 Å². The molecule has 166 valence electrons. The summed E-state index contributed by atoms with van der Waals surface area (Å²) in [7, 11) is 1.60. The van der Waals surface area contributed by atoms with Crippen LogP contribution in [0.25, 0.3) is 6.08 Å². The lowest BCUT2D eigenvalue weighted by Crippen LogP contribution is -2.43. The molecule has 0 aliphatic rings. The van der Waals surface area contributed by atoms with E-state index < -0.39 is 18.1 Å². The smallest absolute Gasteiger partial charge is 0.254 e. The lowest BCUT2D eigenvalue weighted by atomic mass is 10.1. The monoisotopic (exact) mass is 443 g/mol. The van der Waals surface area contributed by atoms with Gasteiger partial charge in [0.25, 0.3) is 5.91 Å². The first-order chi connectivity index (χ1) is 14.9. The van der Waals surface area contributed by atoms with Crippen molar-refractivity contribution in [3.05, 3.63) is 60.2 Å². The first kappa shape index (κ1) is 24.5. The summed E-state index contributed by atoms with van der Waals surface area (Å²) in [5.74, 6) is 1.68. The van der Waals surface area contributed by atoms with Crippen LogP contribution in [-0.4, -0.2) is 47.7 Å². The van der Waals surface area contributed by atoms with Crippen LogP contribution in [0.5, 0.6) is 5.75 Å². The van der Waals surface area contributed by atoms with Gasteiger partial charge in [0.05, 0.1) is 7.11 Å². The number of benzene rings is 2. The molecule has 2 aromatic carbocycles. The fourth-order valence-electron chi connectivity index (χ4n) is 2.64. The molecule has 0 radical (unpaired) electrons. The number of aliphatic hydroxyl groups is 1. The number of ether oxygens (including phenoxy) is 1. The van der Waals surface area contributed by atoms with Gasteiger partial charge in [-0.2, -0.15) is 11.8 Å². The van der Waals surface area contributed by atoms with Crippen LogP contribution in [0.1, 0.15) is 18.9 Å². The van der Waals surface area contributed by atoms with Crippen LogP contribution in [0.4, 0.5) is 11.4 Å². The molecule has 8 heteroatoms. The minimum atomic E-state index is -1.28. The van der Waals surface area contributed by atoms with Crippen LogP contribution in [0, 0.1) is 0 Å². The molecule has 2 atom stereocenters. The van der Waals surface area contributed by atoms with E-state index in [1.807, 2.05) is 31.2 Å². The van der Waals surface area contributed by atoms with Gasteiger partial charge in [0, 0.05) is 23.5 Å². The van der Waals surface area contributed by atoms with Gasteiger partial charge in [0.2, 0.25) is 5.91 Å². The normalized spacial score (nSPS) is 12.9. The van der Waals surface area contributed by atoms with Gasteiger partial charge in [-0.05, 0) is 66.0 Å². The summed E-state index contributed by atoms with van der Waals surface area (Å²) in [6.45, 7) is 2.04. The number of carbonyl (C=O) groups excluding carboxylic acids is 2. The van der Waals surface area contributed by atoms with E-state index in [9.17, 15) is 14.7 Å². The number of hydrogen-bond donors (Lipinski definition) is 4. The number of thioether (sulfide) groups is 1. The predicted octanol–water partition coefficient (Wildman–Crippen LogP) is 3.12. The quantitative estimate of drug-likeness (QED) is 0.313. The average Bonchev–Trinajstić information content (AvgIpc) is 2.78. The van der Waals surface area contributed by atoms with Gasteiger partial charge < -0.3 is 26.2 Å². The predicted molar refractivity (Wildman–Crippen MR) is 127 cm³/mol. The van der Waals surface area contributed by atoms with Crippen molar-refractivity contribution in [1.82, 2.24) is 0 Å². The summed E-state index contributed by atoms with van der Waals surface area (Å²) in [5.41, 5.74) is 7.85. The third-order valence-corrected chi connectivity index (χ3v) is 5.37. The number of nitrogens with one attached hydrogen (secondary N) is 2. The van der Waals surface area contributed by atoms with Crippen molar-refractivity contribution >= 4 is 41.0 Å². The molecule has 0 heterocycles. The fraction of sp³-hybridized carbons (Fsp3) is 0.304. The van der Waals surface area contributed by atoms with Crippen molar-refractivity contribution in [2.75, 3.05) is 29.2 Å². The molecular weight excluding hydrogens is 414 g/mol. The second-order valence-electron chi connectivity index (χ2n) is 6.76. The highest BCUT2D eigenvalue weighted by molar-refractivity contribution is 7.99. The molecule has 0 aromatic heterocycles. The minimum Gasteiger partial charge on any atom is -0.497 e. The maximum atomic E-state index is 12.2. The molecular formula is C23H29N3O4S. The molecule has 0 aliphatic carbocycles. The lowest BCUT2D eigenvalue weighted by Gasteiger charge is -2.18. The molecule has 0 spiro atoms. The zero-order valence-corrected chi connectivity index (χ0v) is 18.5. The molecule has 0 unspecified atom stereocenters. The summed E-state index contributed by atoms with van der Waals surface area (Å²) in [4.78, 5) is 24.3. The number of nitrogens with two attached hydrogens (primary N) is 1. The van der Waals surface area contributed by atoms with Gasteiger partial charge >= 0.3 is 0 Å². The molecule has 0 saturated carbocycles. The highest BCUT2D eigenvalue weighted by Crippen LogP contribution is 2.16. The summed E-state index contributed by atoms with van der Waals surface area (Å²) in [5, 5.41) is 15.5. The Hall–Kier alpha value is -2.81. The van der Waals surface area contributed by atoms with E-state index in [4.69, 9.17) is 10.5 Å². The van der Waals surface area contributed by atoms with Crippen LogP contribution in [-0.2, 0) is 9.59 Å². The molecule has 7 nitrogen and oxygen atoms in total. The summed E-state index contributed by atoms with van der Waals surface area (Å²) in [6.07, 6.45) is 2.42. The zero-order valence-electron chi connectivity index (χ0n) is 17.7. The highest BCUT2D eigenvalue weighted by Gasteiger charge is 2.22. The Kier molecular flexibility index (Phi) is 10.1. The number of aliphatic hydroxyl groups excluding tert-OH is 1. The SMILES string of the molecule is CCSCC[C@@H](N)[C@H](O)C(=O)Nc1ccc(NC(=O)/C=C/c2ccc(OC)cc2)cc1. The second-order valence-corrected chi connectivity index (χ2v) is 8.15. The van der Waals surface area contributed by atoms with E-state index in [0.29, 0.717) is 17.8 Å². The zero-order chi connectivity index (χ0) is 22.6. The number of rotatable bonds is 11. The van der Waals surface area contributed by atoms with Crippen LogP contribution >= 0.6 is 11.8 Å². The van der Waals surface area contributed by atoms with Crippen molar-refractivity contribution in [3.8, 4) is 5.75 Å². The van der Waals surface area contributed by atoms with Gasteiger partial charge in [0.15, 0.2) is 0 Å². The number of hydrogen-bond acceptors (Lipinski definition) is 6. The largest absolute Gasteiger partial charge is 0.497 e. The molecule has 2 amide bonds. The van der Waals surface area contributed by atoms with Gasteiger partial charge in [-0.3, -0.25) is 9.59 Å². The molecule has 31 heavy (non-hydrogen) atoms. The average molecular weight is 444 g/mol. The van der Waals surface area contributed by atoms with Crippen molar-refractivity contribution < 1.29 is 19.4 Å². The fourth-order valence-corrected chi connectivity index (χ4v) is 3.37. The van der Waals surface area contributed by atoms with E-state index in [1.165, 1.54) is 6.08 Å². The van der Waals surface area contributed by atoms with Crippen molar-refractivity contribution in [1.29, 1.82) is 0 Å². The Balaban J connectivity index is 1.84. The highest BCUT2D eigenvalue weighted by atomic mass is 32.2. The van der Waals surface area contributed by atoms with Crippen LogP contribution in [0.3, 0.4) is 0 Å². The van der Waals surface area contributed by atoms with Gasteiger partial charge in [-0.25, -0.2) is 0 Å². The van der Waals surface area contributed by atoms with E-state index >= 15 is 0 Å². The Labute approximate surface area is 187 Å². The Morgan fingerprint density at radius 3 is 2.29 bits per heavy atom. The van der Waals surface area contributed by atoms with E-state index in [0.717, 1.165) is 22.8 Å². The molecule has 2 aromatic rings. The first-order valence-corrected chi connectivity index (χ1v) is 11.1. The number of carbonyl (C=O) groups is 2. The van der Waals surface area contributed by atoms with Crippen LogP contribution < -0.4 is 21.1 Å². The van der Waals surface area contributed by atoms with Crippen molar-refractivity contribution in [2.24, 2.45) is 5.73 Å². The third-order valence-electron chi connectivity index (χ3n) is 4.44. The summed E-state index contributed by atoms with van der Waals surface area (Å²) >= 11 is 1.71. The Bertz CT molecular complexity index is 869. The molecule has 2 rings (SSSR count).